The molecule has 0 N–H and O–H groups in total. The highest BCUT2D eigenvalue weighted by atomic mass is 35.5. The Morgan fingerprint density at radius 3 is 2.31 bits per heavy atom. The van der Waals surface area contributed by atoms with E-state index in [1.165, 1.54) is 32.1 Å². The van der Waals surface area contributed by atoms with Crippen LogP contribution in [-0.2, 0) is 0 Å². The summed E-state index contributed by atoms with van der Waals surface area (Å²) in [6.45, 7) is 6.84. The van der Waals surface area contributed by atoms with Crippen molar-refractivity contribution in [2.45, 2.75) is 64.7 Å². The van der Waals surface area contributed by atoms with E-state index in [2.05, 4.69) is 20.8 Å². The van der Waals surface area contributed by atoms with Gasteiger partial charge >= 0.3 is 0 Å². The smallest absolute Gasteiger partial charge is 0.0312 e. The van der Waals surface area contributed by atoms with Crippen LogP contribution < -0.4 is 0 Å². The van der Waals surface area contributed by atoms with Crippen molar-refractivity contribution in [3.63, 3.8) is 0 Å². The van der Waals surface area contributed by atoms with Crippen molar-refractivity contribution in [2.24, 2.45) is 11.3 Å². The molecule has 1 heteroatoms. The molecule has 0 radical (unpaired) electrons. The third-order valence-corrected chi connectivity index (χ3v) is 3.30. The normalized spacial score (nSPS) is 22.2. The van der Waals surface area contributed by atoms with Crippen LogP contribution in [0, 0.1) is 11.3 Å². The molecule has 0 spiro atoms. The fourth-order valence-corrected chi connectivity index (χ4v) is 3.26. The number of halogens is 1. The lowest BCUT2D eigenvalue weighted by Crippen LogP contribution is -2.19. The largest absolute Gasteiger partial charge is 0.123 e. The molecule has 1 unspecified atom stereocenters. The molecule has 0 saturated heterocycles. The highest BCUT2D eigenvalue weighted by Crippen LogP contribution is 2.38. The summed E-state index contributed by atoms with van der Waals surface area (Å²) in [4.78, 5) is 0. The first kappa shape index (κ1) is 11.4. The topological polar surface area (TPSA) is 0 Å². The molecule has 0 aromatic heterocycles. The van der Waals surface area contributed by atoms with Crippen LogP contribution in [0.2, 0.25) is 0 Å². The average Bonchev–Trinajstić information content (AvgIpc) is 2.34. The number of hydrogen-bond donors (Lipinski definition) is 0. The predicted molar refractivity (Wildman–Crippen MR) is 60.3 cm³/mol. The maximum atomic E-state index is 6.05. The Morgan fingerprint density at radius 1 is 1.31 bits per heavy atom. The molecule has 1 fully saturated rings. The van der Waals surface area contributed by atoms with Crippen LogP contribution in [0.4, 0.5) is 0 Å². The third-order valence-electron chi connectivity index (χ3n) is 3.15. The average molecular weight is 203 g/mol. The molecule has 0 aromatic rings. The molecule has 0 nitrogen and oxygen atoms in total. The van der Waals surface area contributed by atoms with Crippen LogP contribution in [0.15, 0.2) is 0 Å². The van der Waals surface area contributed by atoms with Gasteiger partial charge in [0.15, 0.2) is 0 Å². The molecule has 1 atom stereocenters. The highest BCUT2D eigenvalue weighted by Gasteiger charge is 2.26. The molecule has 78 valence electrons. The number of rotatable bonds is 4. The molecule has 0 bridgehead atoms. The maximum Gasteiger partial charge on any atom is 0.0312 e. The van der Waals surface area contributed by atoms with E-state index in [1.807, 2.05) is 0 Å². The molecular formula is C12H23Cl. The standard InChI is InChI=1S/C12H23Cl/c1-10(13)8-12(2,3)9-11-6-4-5-7-11/h10-11H,4-9H2,1-3H3. The van der Waals surface area contributed by atoms with Crippen molar-refractivity contribution in [3.8, 4) is 0 Å². The van der Waals surface area contributed by atoms with E-state index in [-0.39, 0.29) is 0 Å². The van der Waals surface area contributed by atoms with Gasteiger partial charge in [-0.15, -0.1) is 11.6 Å². The van der Waals surface area contributed by atoms with E-state index in [0.717, 1.165) is 12.3 Å². The Morgan fingerprint density at radius 2 is 1.85 bits per heavy atom. The van der Waals surface area contributed by atoms with Gasteiger partial charge in [-0.3, -0.25) is 0 Å². The molecule has 0 amide bonds. The van der Waals surface area contributed by atoms with Gasteiger partial charge in [-0.1, -0.05) is 39.5 Å². The first-order valence-corrected chi connectivity index (χ1v) is 6.07. The van der Waals surface area contributed by atoms with Gasteiger partial charge in [0.25, 0.3) is 0 Å². The van der Waals surface area contributed by atoms with E-state index in [4.69, 9.17) is 11.6 Å². The second-order valence-electron chi connectivity index (χ2n) is 5.50. The minimum atomic E-state index is 0.330. The van der Waals surface area contributed by atoms with Crippen LogP contribution in [-0.4, -0.2) is 5.38 Å². The minimum Gasteiger partial charge on any atom is -0.123 e. The molecular weight excluding hydrogens is 180 g/mol. The summed E-state index contributed by atoms with van der Waals surface area (Å²) in [6, 6.07) is 0. The summed E-state index contributed by atoms with van der Waals surface area (Å²) < 4.78 is 0. The maximum absolute atomic E-state index is 6.05. The van der Waals surface area contributed by atoms with Crippen molar-refractivity contribution in [1.82, 2.24) is 0 Å². The first-order chi connectivity index (χ1) is 5.99. The zero-order valence-electron chi connectivity index (χ0n) is 9.28. The molecule has 0 aromatic carbocycles. The van der Waals surface area contributed by atoms with Gasteiger partial charge in [0.2, 0.25) is 0 Å². The molecule has 1 saturated carbocycles. The quantitative estimate of drug-likeness (QED) is 0.584. The lowest BCUT2D eigenvalue weighted by molar-refractivity contribution is 0.249. The van der Waals surface area contributed by atoms with Gasteiger partial charge in [-0.2, -0.15) is 0 Å². The van der Waals surface area contributed by atoms with Crippen LogP contribution in [0.25, 0.3) is 0 Å². The second kappa shape index (κ2) is 4.68. The van der Waals surface area contributed by atoms with Crippen molar-refractivity contribution < 1.29 is 0 Å². The summed E-state index contributed by atoms with van der Waals surface area (Å²) >= 11 is 6.05. The highest BCUT2D eigenvalue weighted by molar-refractivity contribution is 6.20. The Bertz CT molecular complexity index is 143. The van der Waals surface area contributed by atoms with Gasteiger partial charge in [0, 0.05) is 5.38 Å². The summed E-state index contributed by atoms with van der Waals surface area (Å²) in [7, 11) is 0. The van der Waals surface area contributed by atoms with E-state index in [9.17, 15) is 0 Å². The number of alkyl halides is 1. The fraction of sp³-hybridized carbons (Fsp3) is 1.00. The SMILES string of the molecule is CC(Cl)CC(C)(C)CC1CCCC1. The van der Waals surface area contributed by atoms with Crippen molar-refractivity contribution in [1.29, 1.82) is 0 Å². The number of hydrogen-bond acceptors (Lipinski definition) is 0. The van der Waals surface area contributed by atoms with Gasteiger partial charge in [-0.25, -0.2) is 0 Å². The fourth-order valence-electron chi connectivity index (χ4n) is 2.84. The molecule has 13 heavy (non-hydrogen) atoms. The lowest BCUT2D eigenvalue weighted by Gasteiger charge is -2.29. The summed E-state index contributed by atoms with van der Waals surface area (Å²) in [6.07, 6.45) is 8.36. The van der Waals surface area contributed by atoms with Gasteiger partial charge in [0.05, 0.1) is 0 Å². The van der Waals surface area contributed by atoms with Gasteiger partial charge in [0.1, 0.15) is 0 Å². The molecule has 1 rings (SSSR count). The summed E-state index contributed by atoms with van der Waals surface area (Å²) in [5.41, 5.74) is 0.455. The van der Waals surface area contributed by atoms with Crippen LogP contribution >= 0.6 is 11.6 Å². The van der Waals surface area contributed by atoms with Gasteiger partial charge < -0.3 is 0 Å². The zero-order valence-corrected chi connectivity index (χ0v) is 10.0. The Labute approximate surface area is 88.1 Å². The minimum absolute atomic E-state index is 0.330. The summed E-state index contributed by atoms with van der Waals surface area (Å²) in [5, 5.41) is 0.330. The van der Waals surface area contributed by atoms with Crippen LogP contribution in [0.5, 0.6) is 0 Å². The molecule has 1 aliphatic carbocycles. The molecule has 1 aliphatic rings. The van der Waals surface area contributed by atoms with E-state index in [1.54, 1.807) is 0 Å². The predicted octanol–water partition coefficient (Wildman–Crippen LogP) is 4.61. The van der Waals surface area contributed by atoms with Crippen molar-refractivity contribution in [2.75, 3.05) is 0 Å². The Balaban J connectivity index is 2.31. The monoisotopic (exact) mass is 202 g/mol. The lowest BCUT2D eigenvalue weighted by atomic mass is 9.79. The second-order valence-corrected chi connectivity index (χ2v) is 6.25. The third kappa shape index (κ3) is 4.35. The van der Waals surface area contributed by atoms with E-state index < -0.39 is 0 Å². The zero-order chi connectivity index (χ0) is 9.90. The Hall–Kier alpha value is 0.290. The van der Waals surface area contributed by atoms with Gasteiger partial charge in [-0.05, 0) is 31.1 Å². The first-order valence-electron chi connectivity index (χ1n) is 5.64. The van der Waals surface area contributed by atoms with Crippen LogP contribution in [0.1, 0.15) is 59.3 Å². The molecule has 0 heterocycles. The van der Waals surface area contributed by atoms with E-state index in [0.29, 0.717) is 10.8 Å². The van der Waals surface area contributed by atoms with Crippen molar-refractivity contribution >= 4 is 11.6 Å². The Kier molecular flexibility index (Phi) is 4.09. The van der Waals surface area contributed by atoms with Crippen LogP contribution in [0.3, 0.4) is 0 Å². The van der Waals surface area contributed by atoms with Crippen molar-refractivity contribution in [3.05, 3.63) is 0 Å². The van der Waals surface area contributed by atoms with E-state index >= 15 is 0 Å². The molecule has 0 aliphatic heterocycles. The summed E-state index contributed by atoms with van der Waals surface area (Å²) in [5.74, 6) is 0.991.